The van der Waals surface area contributed by atoms with Gasteiger partial charge in [0.05, 0.1) is 22.5 Å². The molecule has 62 heavy (non-hydrogen) atoms. The normalized spacial score (nSPS) is 16.0. The van der Waals surface area contributed by atoms with Crippen molar-refractivity contribution in [2.24, 2.45) is 0 Å². The van der Waals surface area contributed by atoms with Crippen LogP contribution in [0.15, 0.2) is 95.5 Å². The largest absolute Gasteiger partial charge is 0.479 e. The van der Waals surface area contributed by atoms with Crippen LogP contribution >= 0.6 is 15.9 Å². The molecule has 3 heterocycles. The van der Waals surface area contributed by atoms with Crippen LogP contribution in [0.3, 0.4) is 0 Å². The van der Waals surface area contributed by atoms with E-state index in [9.17, 15) is 14.3 Å². The minimum Gasteiger partial charge on any atom is -0.479 e. The lowest BCUT2D eigenvalue weighted by Gasteiger charge is -2.44. The maximum atomic E-state index is 13.7. The Bertz CT molecular complexity index is 2280. The van der Waals surface area contributed by atoms with Gasteiger partial charge >= 0.3 is 5.97 Å². The molecule has 2 aromatic heterocycles. The maximum Gasteiger partial charge on any atom is 0.337 e. The van der Waals surface area contributed by atoms with Crippen LogP contribution in [-0.4, -0.2) is 71.0 Å². The van der Waals surface area contributed by atoms with Crippen LogP contribution < -0.4 is 15.3 Å². The Kier molecular flexibility index (Phi) is 15.0. The number of hydrogen-bond donors (Lipinski definition) is 1. The van der Waals surface area contributed by atoms with Crippen molar-refractivity contribution in [3.63, 3.8) is 0 Å². The second-order valence-electron chi connectivity index (χ2n) is 18.9. The second kappa shape index (κ2) is 19.7. The number of carboxylic acid groups (broad SMARTS) is 1. The smallest absolute Gasteiger partial charge is 0.337 e. The number of piperidine rings is 1. The molecule has 1 N–H and O–H groups in total. The summed E-state index contributed by atoms with van der Waals surface area (Å²) < 4.78 is 36.4. The number of hydrogen-bond acceptors (Lipinski definition) is 7. The van der Waals surface area contributed by atoms with Gasteiger partial charge in [-0.15, -0.1) is 0 Å². The molecule has 1 aliphatic rings. The first-order valence-electron chi connectivity index (χ1n) is 21.9. The van der Waals surface area contributed by atoms with E-state index in [2.05, 4.69) is 116 Å². The van der Waals surface area contributed by atoms with Crippen LogP contribution in [0.5, 0.6) is 0 Å². The standard InChI is InChI=1S/C50H64BrFN4O5Si/c1-35(61-62(49(6,7)8,40-22-12-10-13-23-40)41-24-14-11-15-25-41)19-16-17-32-59-50(9)28-30-55(31-29-50)46-44(45(47(57)58)60-48(3,4)5)36(2)53-43-34-39(54-56(43)46)21-18-20-37-26-27-38(52)33-42(37)51/h10-15,18,21-27,33-35,45H,16-17,19-20,28-32H2,1-9H3,(H,57,58)/t35-,45?/m1/s1. The number of halogens is 2. The van der Waals surface area contributed by atoms with Gasteiger partial charge in [-0.2, -0.15) is 9.61 Å². The number of aryl methyl sites for hydroxylation is 1. The number of ether oxygens (including phenoxy) is 2. The van der Waals surface area contributed by atoms with Gasteiger partial charge < -0.3 is 23.9 Å². The van der Waals surface area contributed by atoms with Crippen LogP contribution in [0.25, 0.3) is 11.7 Å². The lowest BCUT2D eigenvalue weighted by molar-refractivity contribution is -0.160. The zero-order valence-electron chi connectivity index (χ0n) is 37.9. The molecule has 0 amide bonds. The van der Waals surface area contributed by atoms with Gasteiger partial charge in [0, 0.05) is 42.0 Å². The molecule has 1 unspecified atom stereocenters. The molecule has 1 fully saturated rings. The minimum atomic E-state index is -2.63. The molecule has 332 valence electrons. The molecule has 1 aliphatic heterocycles. The predicted molar refractivity (Wildman–Crippen MR) is 254 cm³/mol. The monoisotopic (exact) mass is 926 g/mol. The van der Waals surface area contributed by atoms with E-state index in [4.69, 9.17) is 24.0 Å². The zero-order chi connectivity index (χ0) is 44.9. The van der Waals surface area contributed by atoms with Gasteiger partial charge in [0.15, 0.2) is 11.8 Å². The number of carbonyl (C=O) groups is 1. The number of unbranched alkanes of at least 4 members (excludes halogenated alkanes) is 1. The third kappa shape index (κ3) is 11.1. The van der Waals surface area contributed by atoms with E-state index < -0.39 is 26.0 Å². The fourth-order valence-electron chi connectivity index (χ4n) is 8.65. The first kappa shape index (κ1) is 47.3. The first-order valence-corrected chi connectivity index (χ1v) is 24.6. The third-order valence-electron chi connectivity index (χ3n) is 11.8. The Hall–Kier alpha value is -4.20. The summed E-state index contributed by atoms with van der Waals surface area (Å²) in [4.78, 5) is 20.0. The van der Waals surface area contributed by atoms with Crippen molar-refractivity contribution in [1.82, 2.24) is 14.6 Å². The van der Waals surface area contributed by atoms with Crippen molar-refractivity contribution >= 4 is 58.1 Å². The molecule has 0 saturated carbocycles. The van der Waals surface area contributed by atoms with Crippen molar-refractivity contribution in [2.75, 3.05) is 24.6 Å². The number of benzene rings is 3. The van der Waals surface area contributed by atoms with Crippen molar-refractivity contribution in [2.45, 2.75) is 129 Å². The summed E-state index contributed by atoms with van der Waals surface area (Å²) in [5.74, 6) is -0.714. The molecule has 1 saturated heterocycles. The predicted octanol–water partition coefficient (Wildman–Crippen LogP) is 10.6. The van der Waals surface area contributed by atoms with Crippen LogP contribution in [-0.2, 0) is 25.1 Å². The average Bonchev–Trinajstić information content (AvgIpc) is 3.61. The summed E-state index contributed by atoms with van der Waals surface area (Å²) >= 11 is 3.46. The van der Waals surface area contributed by atoms with Crippen molar-refractivity contribution in [3.05, 3.63) is 124 Å². The van der Waals surface area contributed by atoms with Gasteiger partial charge in [-0.05, 0) is 119 Å². The number of anilines is 1. The molecule has 3 aromatic carbocycles. The number of allylic oxidation sites excluding steroid dienone is 1. The SMILES string of the molecule is Cc1nc2cc(C=CCc3ccc(F)cc3Br)nn2c(N2CCC(C)(OCCCC[C@@H](C)O[Si](c3ccccc3)(c3ccccc3)C(C)(C)C)CC2)c1C(OC(C)(C)C)C(=O)O. The molecule has 9 nitrogen and oxygen atoms in total. The molecule has 0 aliphatic carbocycles. The number of rotatable bonds is 17. The van der Waals surface area contributed by atoms with E-state index >= 15 is 0 Å². The third-order valence-corrected chi connectivity index (χ3v) is 17.7. The molecule has 5 aromatic rings. The van der Waals surface area contributed by atoms with Gasteiger partial charge in [-0.1, -0.05) is 110 Å². The molecule has 2 atom stereocenters. The highest BCUT2D eigenvalue weighted by atomic mass is 79.9. The minimum absolute atomic E-state index is 0.0714. The average molecular weight is 928 g/mol. The van der Waals surface area contributed by atoms with Gasteiger partial charge in [0.1, 0.15) is 11.6 Å². The van der Waals surface area contributed by atoms with Crippen molar-refractivity contribution in [3.8, 4) is 0 Å². The number of aliphatic carboxylic acids is 1. The Morgan fingerprint density at radius 2 is 1.60 bits per heavy atom. The summed E-state index contributed by atoms with van der Waals surface area (Å²) in [7, 11) is -2.63. The quantitative estimate of drug-likeness (QED) is 0.0727. The maximum absolute atomic E-state index is 13.7. The van der Waals surface area contributed by atoms with E-state index in [1.54, 1.807) is 10.6 Å². The zero-order valence-corrected chi connectivity index (χ0v) is 40.5. The lowest BCUT2D eigenvalue weighted by Crippen LogP contribution is -2.67. The number of fused-ring (bicyclic) bond motifs is 1. The Morgan fingerprint density at radius 1 is 0.968 bits per heavy atom. The van der Waals surface area contributed by atoms with E-state index in [1.165, 1.54) is 22.5 Å². The summed E-state index contributed by atoms with van der Waals surface area (Å²) in [5, 5.41) is 18.0. The molecular formula is C50H64BrFN4O5Si. The highest BCUT2D eigenvalue weighted by Gasteiger charge is 2.51. The van der Waals surface area contributed by atoms with Gasteiger partial charge in [-0.3, -0.25) is 0 Å². The van der Waals surface area contributed by atoms with Gasteiger partial charge in [0.2, 0.25) is 0 Å². The first-order chi connectivity index (χ1) is 29.3. The van der Waals surface area contributed by atoms with Crippen LogP contribution in [0.4, 0.5) is 10.2 Å². The Morgan fingerprint density at radius 3 is 2.16 bits per heavy atom. The van der Waals surface area contributed by atoms with Crippen LogP contribution in [0.1, 0.15) is 116 Å². The molecule has 0 bridgehead atoms. The van der Waals surface area contributed by atoms with Gasteiger partial charge in [-0.25, -0.2) is 14.2 Å². The fourth-order valence-corrected chi connectivity index (χ4v) is 13.9. The summed E-state index contributed by atoms with van der Waals surface area (Å²) in [6.07, 6.45) is 7.62. The van der Waals surface area contributed by atoms with E-state index in [1.807, 2.05) is 45.9 Å². The molecule has 6 rings (SSSR count). The fraction of sp³-hybridized carbons (Fsp3) is 0.460. The summed E-state index contributed by atoms with van der Waals surface area (Å²) in [6.45, 7) is 20.7. The lowest BCUT2D eigenvalue weighted by atomic mass is 9.92. The number of aromatic nitrogens is 3. The molecule has 12 heteroatoms. The van der Waals surface area contributed by atoms with Crippen molar-refractivity contribution in [1.29, 1.82) is 0 Å². The van der Waals surface area contributed by atoms with Crippen molar-refractivity contribution < 1.29 is 28.2 Å². The summed E-state index contributed by atoms with van der Waals surface area (Å²) in [5.41, 5.74) is 2.24. The number of nitrogens with zero attached hydrogens (tertiary/aromatic N) is 4. The highest BCUT2D eigenvalue weighted by molar-refractivity contribution is 9.10. The van der Waals surface area contributed by atoms with Gasteiger partial charge in [0.25, 0.3) is 8.32 Å². The highest BCUT2D eigenvalue weighted by Crippen LogP contribution is 2.40. The van der Waals surface area contributed by atoms with Crippen LogP contribution in [0, 0.1) is 12.7 Å². The Balaban J connectivity index is 1.14. The number of carboxylic acids is 1. The topological polar surface area (TPSA) is 98.4 Å². The van der Waals surface area contributed by atoms with E-state index in [-0.39, 0.29) is 22.6 Å². The molecule has 0 spiro atoms. The second-order valence-corrected chi connectivity index (χ2v) is 24.0. The molecular weight excluding hydrogens is 864 g/mol. The van der Waals surface area contributed by atoms with Crippen LogP contribution in [0.2, 0.25) is 5.04 Å². The summed E-state index contributed by atoms with van der Waals surface area (Å²) in [6, 6.07) is 28.2. The molecule has 0 radical (unpaired) electrons. The van der Waals surface area contributed by atoms with E-state index in [0.717, 1.165) is 37.7 Å². The van der Waals surface area contributed by atoms with E-state index in [0.29, 0.717) is 59.0 Å². The Labute approximate surface area is 377 Å².